The molecule has 10 aromatic rings. The van der Waals surface area contributed by atoms with E-state index in [1.807, 2.05) is 73.1 Å². The minimum Gasteiger partial charge on any atom is -0.309 e. The first-order valence-corrected chi connectivity index (χ1v) is 18.7. The van der Waals surface area contributed by atoms with Crippen molar-refractivity contribution in [3.8, 4) is 62.1 Å². The van der Waals surface area contributed by atoms with Gasteiger partial charge in [0.15, 0.2) is 17.5 Å². The predicted octanol–water partition coefficient (Wildman–Crippen LogP) is 12.5. The maximum Gasteiger partial charge on any atom is 0.164 e. The molecule has 0 atom stereocenters. The summed E-state index contributed by atoms with van der Waals surface area (Å²) in [6, 6.07) is 63.6. The Balaban J connectivity index is 1.14. The summed E-state index contributed by atoms with van der Waals surface area (Å²) in [6.45, 7) is 0. The summed E-state index contributed by atoms with van der Waals surface area (Å²) < 4.78 is 2.35. The van der Waals surface area contributed by atoms with Gasteiger partial charge in [-0.3, -0.25) is 4.98 Å². The molecule has 0 unspecified atom stereocenters. The van der Waals surface area contributed by atoms with Gasteiger partial charge < -0.3 is 9.47 Å². The molecule has 6 nitrogen and oxygen atoms in total. The third-order valence-electron chi connectivity index (χ3n) is 10.7. The smallest absolute Gasteiger partial charge is 0.164 e. The molecule has 0 aliphatic carbocycles. The second kappa shape index (κ2) is 13.0. The predicted molar refractivity (Wildman–Crippen MR) is 227 cm³/mol. The van der Waals surface area contributed by atoms with Crippen LogP contribution in [0.25, 0.3) is 83.9 Å². The number of hydrogen-bond acceptors (Lipinski definition) is 5. The molecular weight excluding hydrogens is 685 g/mol. The molecular formula is C50H32N6. The molecule has 4 heterocycles. The molecule has 262 valence electrons. The lowest BCUT2D eigenvalue weighted by molar-refractivity contribution is 1.07. The number of pyridine rings is 1. The lowest BCUT2D eigenvalue weighted by Crippen LogP contribution is -2.10. The second-order valence-electron chi connectivity index (χ2n) is 13.9. The van der Waals surface area contributed by atoms with Crippen LogP contribution in [-0.4, -0.2) is 24.5 Å². The summed E-state index contributed by atoms with van der Waals surface area (Å²) in [6.07, 6.45) is 3.86. The lowest BCUT2D eigenvalue weighted by atomic mass is 9.93. The Morgan fingerprint density at radius 3 is 1.52 bits per heavy atom. The van der Waals surface area contributed by atoms with E-state index in [-0.39, 0.29) is 0 Å². The van der Waals surface area contributed by atoms with E-state index < -0.39 is 0 Å². The Morgan fingerprint density at radius 1 is 0.357 bits per heavy atom. The maximum absolute atomic E-state index is 5.05. The highest BCUT2D eigenvalue weighted by molar-refractivity contribution is 6.14. The van der Waals surface area contributed by atoms with Crippen LogP contribution in [-0.2, 0) is 0 Å². The molecule has 7 aromatic carbocycles. The first kappa shape index (κ1) is 31.8. The minimum absolute atomic E-state index is 0.613. The van der Waals surface area contributed by atoms with Gasteiger partial charge in [-0.1, -0.05) is 127 Å². The Kier molecular flexibility index (Phi) is 7.38. The highest BCUT2D eigenvalue weighted by atomic mass is 15.1. The molecule has 3 aromatic heterocycles. The van der Waals surface area contributed by atoms with Crippen molar-refractivity contribution in [2.75, 3.05) is 4.90 Å². The fourth-order valence-corrected chi connectivity index (χ4v) is 8.13. The van der Waals surface area contributed by atoms with Crippen molar-refractivity contribution in [2.24, 2.45) is 0 Å². The van der Waals surface area contributed by atoms with E-state index in [4.69, 9.17) is 15.0 Å². The Hall–Kier alpha value is -7.70. The quantitative estimate of drug-likeness (QED) is 0.177. The molecule has 0 N–H and O–H groups in total. The van der Waals surface area contributed by atoms with E-state index in [0.29, 0.717) is 17.5 Å². The summed E-state index contributed by atoms with van der Waals surface area (Å²) in [5.74, 6) is 1.88. The Morgan fingerprint density at radius 2 is 0.875 bits per heavy atom. The molecule has 0 spiro atoms. The first-order chi connectivity index (χ1) is 27.8. The fourth-order valence-electron chi connectivity index (χ4n) is 8.13. The van der Waals surface area contributed by atoms with Gasteiger partial charge in [0.1, 0.15) is 0 Å². The van der Waals surface area contributed by atoms with Gasteiger partial charge >= 0.3 is 0 Å². The number of fused-ring (bicyclic) bond motifs is 8. The summed E-state index contributed by atoms with van der Waals surface area (Å²) in [4.78, 5) is 22.0. The average molecular weight is 717 g/mol. The second-order valence-corrected chi connectivity index (χ2v) is 13.9. The molecule has 0 saturated carbocycles. The van der Waals surface area contributed by atoms with Crippen LogP contribution < -0.4 is 4.90 Å². The molecule has 1 aliphatic rings. The van der Waals surface area contributed by atoms with Gasteiger partial charge in [-0.25, -0.2) is 15.0 Å². The maximum atomic E-state index is 5.05. The van der Waals surface area contributed by atoms with Crippen molar-refractivity contribution in [3.63, 3.8) is 0 Å². The van der Waals surface area contributed by atoms with Gasteiger partial charge in [0.25, 0.3) is 0 Å². The van der Waals surface area contributed by atoms with Crippen LogP contribution in [0.2, 0.25) is 0 Å². The monoisotopic (exact) mass is 716 g/mol. The molecule has 0 saturated heterocycles. The largest absolute Gasteiger partial charge is 0.309 e. The van der Waals surface area contributed by atoms with Crippen LogP contribution in [0.15, 0.2) is 194 Å². The third-order valence-corrected chi connectivity index (χ3v) is 10.7. The van der Waals surface area contributed by atoms with Crippen molar-refractivity contribution >= 4 is 38.9 Å². The van der Waals surface area contributed by atoms with Gasteiger partial charge in [0, 0.05) is 62.4 Å². The Labute approximate surface area is 323 Å². The van der Waals surface area contributed by atoms with Gasteiger partial charge in [0.2, 0.25) is 0 Å². The number of benzene rings is 7. The third kappa shape index (κ3) is 5.19. The van der Waals surface area contributed by atoms with E-state index in [1.54, 1.807) is 0 Å². The number of anilines is 3. The van der Waals surface area contributed by atoms with E-state index in [9.17, 15) is 0 Å². The van der Waals surface area contributed by atoms with Crippen LogP contribution in [0.3, 0.4) is 0 Å². The lowest BCUT2D eigenvalue weighted by Gasteiger charge is -2.27. The molecule has 0 fully saturated rings. The van der Waals surface area contributed by atoms with Gasteiger partial charge in [-0.05, 0) is 65.7 Å². The molecule has 56 heavy (non-hydrogen) atoms. The number of para-hydroxylation sites is 3. The standard InChI is InChI=1S/C50H32N6/c1-4-15-33(16-5-1)48-52-49(34-17-6-2-7-18-34)54-50(53-48)35-19-14-22-37(29-35)56-46-27-28-51-32-43(46)42-30-40-38-23-10-12-25-44(38)55(36-20-8-3-9-21-36)45-26-13-11-24-39(45)41(40)31-47(42)56/h1-32H. The number of nitrogens with zero attached hydrogens (tertiary/aromatic N) is 6. The molecule has 1 aliphatic heterocycles. The van der Waals surface area contributed by atoms with Crippen LogP contribution in [0.5, 0.6) is 0 Å². The normalized spacial score (nSPS) is 11.9. The molecule has 11 rings (SSSR count). The zero-order valence-electron chi connectivity index (χ0n) is 30.2. The van der Waals surface area contributed by atoms with Gasteiger partial charge in [-0.15, -0.1) is 0 Å². The number of rotatable bonds is 5. The van der Waals surface area contributed by atoms with Crippen molar-refractivity contribution in [1.29, 1.82) is 0 Å². The summed E-state index contributed by atoms with van der Waals surface area (Å²) in [7, 11) is 0. The zero-order valence-corrected chi connectivity index (χ0v) is 30.2. The summed E-state index contributed by atoms with van der Waals surface area (Å²) in [5, 5.41) is 2.22. The van der Waals surface area contributed by atoms with Crippen LogP contribution in [0, 0.1) is 0 Å². The minimum atomic E-state index is 0.613. The SMILES string of the molecule is c1ccc(-c2nc(-c3ccccc3)nc(-c3cccc(-n4c5ccncc5c5cc6c(cc54)-c4ccccc4N(c4ccccc4)c4ccccc4-6)c3)n2)cc1. The van der Waals surface area contributed by atoms with E-state index in [1.165, 1.54) is 22.3 Å². The number of aromatic nitrogens is 5. The van der Waals surface area contributed by atoms with E-state index in [2.05, 4.69) is 136 Å². The van der Waals surface area contributed by atoms with E-state index >= 15 is 0 Å². The van der Waals surface area contributed by atoms with Gasteiger partial charge in [-0.2, -0.15) is 0 Å². The highest BCUT2D eigenvalue weighted by Crippen LogP contribution is 2.52. The fraction of sp³-hybridized carbons (Fsp3) is 0. The molecule has 0 amide bonds. The molecule has 0 bridgehead atoms. The topological polar surface area (TPSA) is 59.7 Å². The highest BCUT2D eigenvalue weighted by Gasteiger charge is 2.27. The van der Waals surface area contributed by atoms with Crippen LogP contribution in [0.4, 0.5) is 17.1 Å². The van der Waals surface area contributed by atoms with Crippen LogP contribution in [0.1, 0.15) is 0 Å². The van der Waals surface area contributed by atoms with Crippen LogP contribution >= 0.6 is 0 Å². The zero-order chi connectivity index (χ0) is 37.0. The average Bonchev–Trinajstić information content (AvgIpc) is 3.54. The molecule has 6 heteroatoms. The number of hydrogen-bond donors (Lipinski definition) is 0. The Bertz CT molecular complexity index is 3030. The van der Waals surface area contributed by atoms with E-state index in [0.717, 1.165) is 61.2 Å². The summed E-state index contributed by atoms with van der Waals surface area (Å²) in [5.41, 5.74) is 14.0. The first-order valence-electron chi connectivity index (χ1n) is 18.7. The van der Waals surface area contributed by atoms with Crippen molar-refractivity contribution in [2.45, 2.75) is 0 Å². The van der Waals surface area contributed by atoms with Crippen molar-refractivity contribution in [1.82, 2.24) is 24.5 Å². The van der Waals surface area contributed by atoms with Crippen molar-refractivity contribution < 1.29 is 0 Å². The van der Waals surface area contributed by atoms with Crippen molar-refractivity contribution in [3.05, 3.63) is 194 Å². The molecule has 0 radical (unpaired) electrons. The summed E-state index contributed by atoms with van der Waals surface area (Å²) >= 11 is 0. The van der Waals surface area contributed by atoms with Gasteiger partial charge in [0.05, 0.1) is 22.4 Å².